The van der Waals surface area contributed by atoms with Crippen LogP contribution in [-0.2, 0) is 10.2 Å². The van der Waals surface area contributed by atoms with Gasteiger partial charge >= 0.3 is 0 Å². The summed E-state index contributed by atoms with van der Waals surface area (Å²) < 4.78 is 5.74. The van der Waals surface area contributed by atoms with Crippen LogP contribution in [0.1, 0.15) is 62.0 Å². The van der Waals surface area contributed by atoms with Gasteiger partial charge in [-0.2, -0.15) is 0 Å². The average Bonchev–Trinajstić information content (AvgIpc) is 2.77. The van der Waals surface area contributed by atoms with Gasteiger partial charge in [0.2, 0.25) is 0 Å². The fourth-order valence-corrected chi connectivity index (χ4v) is 3.43. The Morgan fingerprint density at radius 3 is 2.12 bits per heavy atom. The average molecular weight is 445 g/mol. The van der Waals surface area contributed by atoms with E-state index in [-0.39, 0.29) is 23.8 Å². The number of para-hydroxylation sites is 1. The largest absolute Gasteiger partial charge is 0.483 e. The second-order valence-corrected chi connectivity index (χ2v) is 9.39. The molecule has 0 aromatic heterocycles. The lowest BCUT2D eigenvalue weighted by Gasteiger charge is -2.19. The molecule has 172 valence electrons. The first-order valence-electron chi connectivity index (χ1n) is 11.2. The third-order valence-electron chi connectivity index (χ3n) is 5.32. The first-order valence-corrected chi connectivity index (χ1v) is 11.2. The summed E-state index contributed by atoms with van der Waals surface area (Å²) in [4.78, 5) is 25.0. The minimum Gasteiger partial charge on any atom is -0.483 e. The number of hydrogen-bond donors (Lipinski definition) is 2. The van der Waals surface area contributed by atoms with Gasteiger partial charge in [0.15, 0.2) is 6.61 Å². The van der Waals surface area contributed by atoms with Crippen molar-refractivity contribution in [3.8, 4) is 5.75 Å². The fraction of sp³-hybridized carbons (Fsp3) is 0.286. The second-order valence-electron chi connectivity index (χ2n) is 9.39. The van der Waals surface area contributed by atoms with Crippen LogP contribution in [0.5, 0.6) is 5.75 Å². The van der Waals surface area contributed by atoms with Gasteiger partial charge in [-0.05, 0) is 58.9 Å². The summed E-state index contributed by atoms with van der Waals surface area (Å²) in [5.41, 5.74) is 4.02. The normalized spacial score (nSPS) is 11.2. The van der Waals surface area contributed by atoms with Crippen molar-refractivity contribution in [2.24, 2.45) is 0 Å². The number of ether oxygens (including phenoxy) is 1. The predicted octanol–water partition coefficient (Wildman–Crippen LogP) is 6.38. The van der Waals surface area contributed by atoms with Crippen LogP contribution >= 0.6 is 0 Å². The van der Waals surface area contributed by atoms with E-state index in [4.69, 9.17) is 4.74 Å². The zero-order valence-corrected chi connectivity index (χ0v) is 19.9. The van der Waals surface area contributed by atoms with E-state index < -0.39 is 0 Å². The van der Waals surface area contributed by atoms with Gasteiger partial charge in [0.25, 0.3) is 11.8 Å². The maximum Gasteiger partial charge on any atom is 0.262 e. The van der Waals surface area contributed by atoms with Gasteiger partial charge in [-0.25, -0.2) is 0 Å². The van der Waals surface area contributed by atoms with Crippen LogP contribution in [0.3, 0.4) is 0 Å². The van der Waals surface area contributed by atoms with E-state index in [0.717, 1.165) is 5.56 Å². The molecule has 0 spiro atoms. The maximum atomic E-state index is 12.6. The topological polar surface area (TPSA) is 67.4 Å². The molecule has 0 heterocycles. The second kappa shape index (κ2) is 10.3. The molecule has 0 atom stereocenters. The van der Waals surface area contributed by atoms with Crippen molar-refractivity contribution in [2.45, 2.75) is 46.0 Å². The molecule has 0 fully saturated rings. The van der Waals surface area contributed by atoms with Gasteiger partial charge < -0.3 is 15.4 Å². The molecule has 0 saturated carbocycles. The highest BCUT2D eigenvalue weighted by Gasteiger charge is 2.15. The van der Waals surface area contributed by atoms with Crippen LogP contribution < -0.4 is 15.4 Å². The van der Waals surface area contributed by atoms with Gasteiger partial charge in [-0.15, -0.1) is 0 Å². The number of nitrogens with one attached hydrogen (secondary N) is 2. The number of hydrogen-bond acceptors (Lipinski definition) is 3. The fourth-order valence-electron chi connectivity index (χ4n) is 3.43. The van der Waals surface area contributed by atoms with Crippen molar-refractivity contribution in [1.29, 1.82) is 0 Å². The maximum absolute atomic E-state index is 12.6. The van der Waals surface area contributed by atoms with E-state index in [1.165, 1.54) is 5.56 Å². The SMILES string of the molecule is CC(C)c1ccccc1OCC(=O)Nc1cccc(NC(=O)c2ccc(C(C)(C)C)cc2)c1. The molecular weight excluding hydrogens is 412 g/mol. The van der Waals surface area contributed by atoms with Crippen molar-refractivity contribution in [1.82, 2.24) is 0 Å². The Morgan fingerprint density at radius 1 is 0.848 bits per heavy atom. The molecule has 33 heavy (non-hydrogen) atoms. The number of amides is 2. The van der Waals surface area contributed by atoms with E-state index in [1.54, 1.807) is 24.3 Å². The smallest absolute Gasteiger partial charge is 0.262 e. The zero-order valence-electron chi connectivity index (χ0n) is 19.9. The molecule has 3 aromatic carbocycles. The van der Waals surface area contributed by atoms with E-state index >= 15 is 0 Å². The highest BCUT2D eigenvalue weighted by atomic mass is 16.5. The standard InChI is InChI=1S/C28H32N2O3/c1-19(2)24-11-6-7-12-25(24)33-18-26(31)29-22-9-8-10-23(17-22)30-27(32)20-13-15-21(16-14-20)28(3,4)5/h6-17,19H,18H2,1-5H3,(H,29,31)(H,30,32). The summed E-state index contributed by atoms with van der Waals surface area (Å²) in [6.45, 7) is 10.5. The lowest BCUT2D eigenvalue weighted by molar-refractivity contribution is -0.118. The number of anilines is 2. The molecule has 5 nitrogen and oxygen atoms in total. The monoisotopic (exact) mass is 444 g/mol. The van der Waals surface area contributed by atoms with Crippen LogP contribution in [0.4, 0.5) is 11.4 Å². The summed E-state index contributed by atoms with van der Waals surface area (Å²) in [5, 5.41) is 5.71. The van der Waals surface area contributed by atoms with Crippen molar-refractivity contribution in [3.05, 3.63) is 89.5 Å². The quantitative estimate of drug-likeness (QED) is 0.444. The van der Waals surface area contributed by atoms with Gasteiger partial charge in [0, 0.05) is 16.9 Å². The van der Waals surface area contributed by atoms with Gasteiger partial charge in [0.1, 0.15) is 5.75 Å². The lowest BCUT2D eigenvalue weighted by atomic mass is 9.87. The van der Waals surface area contributed by atoms with Crippen molar-refractivity contribution >= 4 is 23.2 Å². The summed E-state index contributed by atoms with van der Waals surface area (Å²) in [7, 11) is 0. The van der Waals surface area contributed by atoms with Crippen molar-refractivity contribution < 1.29 is 14.3 Å². The molecule has 0 bridgehead atoms. The first-order chi connectivity index (χ1) is 15.6. The molecule has 0 unspecified atom stereocenters. The van der Waals surface area contributed by atoms with Gasteiger partial charge in [-0.3, -0.25) is 9.59 Å². The number of carbonyl (C=O) groups excluding carboxylic acids is 2. The molecule has 0 aliphatic carbocycles. The molecule has 5 heteroatoms. The molecule has 0 aliphatic heterocycles. The summed E-state index contributed by atoms with van der Waals surface area (Å²) in [6.07, 6.45) is 0. The molecule has 0 radical (unpaired) electrons. The Labute approximate surface area is 196 Å². The Morgan fingerprint density at radius 2 is 1.48 bits per heavy atom. The predicted molar refractivity (Wildman–Crippen MR) is 134 cm³/mol. The zero-order chi connectivity index (χ0) is 24.0. The molecular formula is C28H32N2O3. The molecule has 2 amide bonds. The number of carbonyl (C=O) groups is 2. The minimum atomic E-state index is -0.269. The molecule has 0 aliphatic rings. The van der Waals surface area contributed by atoms with E-state index in [0.29, 0.717) is 28.6 Å². The van der Waals surface area contributed by atoms with Crippen LogP contribution in [-0.4, -0.2) is 18.4 Å². The van der Waals surface area contributed by atoms with E-state index in [2.05, 4.69) is 45.3 Å². The third kappa shape index (κ3) is 6.69. The molecule has 0 saturated heterocycles. The third-order valence-corrected chi connectivity index (χ3v) is 5.32. The van der Waals surface area contributed by atoms with Crippen LogP contribution in [0.25, 0.3) is 0 Å². The summed E-state index contributed by atoms with van der Waals surface area (Å²) >= 11 is 0. The Hall–Kier alpha value is -3.60. The Kier molecular flexibility index (Phi) is 7.54. The highest BCUT2D eigenvalue weighted by molar-refractivity contribution is 6.04. The van der Waals surface area contributed by atoms with Crippen LogP contribution in [0.15, 0.2) is 72.8 Å². The van der Waals surface area contributed by atoms with Gasteiger partial charge in [-0.1, -0.05) is 71.0 Å². The number of rotatable bonds is 7. The summed E-state index contributed by atoms with van der Waals surface area (Å²) in [6, 6.07) is 22.4. The lowest BCUT2D eigenvalue weighted by Crippen LogP contribution is -2.20. The molecule has 3 aromatic rings. The molecule has 2 N–H and O–H groups in total. The highest BCUT2D eigenvalue weighted by Crippen LogP contribution is 2.26. The minimum absolute atomic E-state index is 0.0299. The van der Waals surface area contributed by atoms with Crippen molar-refractivity contribution in [3.63, 3.8) is 0 Å². The van der Waals surface area contributed by atoms with E-state index in [1.807, 2.05) is 48.5 Å². The van der Waals surface area contributed by atoms with E-state index in [9.17, 15) is 9.59 Å². The first kappa shape index (κ1) is 24.1. The van der Waals surface area contributed by atoms with Crippen LogP contribution in [0, 0.1) is 0 Å². The van der Waals surface area contributed by atoms with Crippen LogP contribution in [0.2, 0.25) is 0 Å². The van der Waals surface area contributed by atoms with Gasteiger partial charge in [0.05, 0.1) is 0 Å². The number of benzene rings is 3. The Bertz CT molecular complexity index is 1110. The summed E-state index contributed by atoms with van der Waals surface area (Å²) in [5.74, 6) is 0.540. The van der Waals surface area contributed by atoms with Crippen molar-refractivity contribution in [2.75, 3.05) is 17.2 Å². The molecule has 3 rings (SSSR count). The Balaban J connectivity index is 1.59.